The number of rotatable bonds is 6. The van der Waals surface area contributed by atoms with Crippen LogP contribution in [0.5, 0.6) is 5.75 Å². The van der Waals surface area contributed by atoms with Crippen molar-refractivity contribution < 1.29 is 22.7 Å². The van der Waals surface area contributed by atoms with Gasteiger partial charge in [-0.25, -0.2) is 0 Å². The number of hydrogen-bond acceptors (Lipinski definition) is 4. The number of carbonyl (C=O) groups is 1. The number of likely N-dealkylation sites (tertiary alicyclic amines) is 1. The molecule has 4 rings (SSSR count). The summed E-state index contributed by atoms with van der Waals surface area (Å²) >= 11 is 6.08. The average molecular weight is 500 g/mol. The summed E-state index contributed by atoms with van der Waals surface area (Å²) in [6, 6.07) is 21.7. The number of carbonyl (C=O) groups excluding carboxylic acids is 1. The van der Waals surface area contributed by atoms with E-state index in [1.54, 1.807) is 12.1 Å². The second-order valence-electron chi connectivity index (χ2n) is 8.21. The van der Waals surface area contributed by atoms with Gasteiger partial charge in [-0.3, -0.25) is 9.69 Å². The molecule has 0 saturated carbocycles. The molecule has 0 spiro atoms. The van der Waals surface area contributed by atoms with E-state index in [0.29, 0.717) is 23.6 Å². The summed E-state index contributed by atoms with van der Waals surface area (Å²) in [5.41, 5.74) is 2.87. The molecule has 1 heterocycles. The van der Waals surface area contributed by atoms with Crippen molar-refractivity contribution in [3.63, 3.8) is 0 Å². The van der Waals surface area contributed by atoms with Crippen molar-refractivity contribution in [1.82, 2.24) is 10.2 Å². The van der Waals surface area contributed by atoms with E-state index in [4.69, 9.17) is 16.9 Å². The van der Waals surface area contributed by atoms with E-state index in [0.717, 1.165) is 29.8 Å². The molecule has 1 aliphatic heterocycles. The van der Waals surface area contributed by atoms with Crippen molar-refractivity contribution in [2.45, 2.75) is 24.9 Å². The fourth-order valence-corrected chi connectivity index (χ4v) is 4.34. The van der Waals surface area contributed by atoms with Crippen molar-refractivity contribution in [1.29, 1.82) is 5.26 Å². The highest BCUT2D eigenvalue weighted by molar-refractivity contribution is 6.30. The molecule has 0 unspecified atom stereocenters. The molecular weight excluding hydrogens is 479 g/mol. The van der Waals surface area contributed by atoms with Crippen LogP contribution < -0.4 is 10.1 Å². The molecule has 5 nitrogen and oxygen atoms in total. The summed E-state index contributed by atoms with van der Waals surface area (Å²) in [4.78, 5) is 14.9. The average Bonchev–Trinajstić information content (AvgIpc) is 3.28. The highest BCUT2D eigenvalue weighted by Crippen LogP contribution is 2.32. The lowest BCUT2D eigenvalue weighted by atomic mass is 9.96. The van der Waals surface area contributed by atoms with Gasteiger partial charge in [0.25, 0.3) is 5.91 Å². The second kappa shape index (κ2) is 10.4. The highest BCUT2D eigenvalue weighted by atomic mass is 35.5. The van der Waals surface area contributed by atoms with E-state index in [2.05, 4.69) is 21.0 Å². The molecule has 0 aliphatic carbocycles. The number of halogens is 4. The predicted octanol–water partition coefficient (Wildman–Crippen LogP) is 5.70. The van der Waals surface area contributed by atoms with Crippen molar-refractivity contribution in [3.8, 4) is 11.8 Å². The van der Waals surface area contributed by atoms with Crippen LogP contribution in [0, 0.1) is 11.3 Å². The fraction of sp³-hybridized carbons (Fsp3) is 0.231. The first kappa shape index (κ1) is 24.6. The summed E-state index contributed by atoms with van der Waals surface area (Å²) in [6.07, 6.45) is -4.08. The molecule has 9 heteroatoms. The van der Waals surface area contributed by atoms with Gasteiger partial charge in [0.1, 0.15) is 5.75 Å². The zero-order valence-corrected chi connectivity index (χ0v) is 19.2. The Morgan fingerprint density at radius 3 is 2.20 bits per heavy atom. The quantitative estimate of drug-likeness (QED) is 0.472. The SMILES string of the molecule is N#Cc1ccc([C@H](c2ccc(Cl)cc2)N2CC[C@@H](NC(=O)c3ccc(OC(F)(F)F)cc3)C2)cc1. The molecule has 1 saturated heterocycles. The normalized spacial score (nSPS) is 16.9. The van der Waals surface area contributed by atoms with Gasteiger partial charge >= 0.3 is 6.36 Å². The van der Waals surface area contributed by atoms with Crippen molar-refractivity contribution in [2.75, 3.05) is 13.1 Å². The number of amides is 1. The second-order valence-corrected chi connectivity index (χ2v) is 8.65. The van der Waals surface area contributed by atoms with Gasteiger partial charge < -0.3 is 10.1 Å². The first-order valence-corrected chi connectivity index (χ1v) is 11.3. The smallest absolute Gasteiger partial charge is 0.406 e. The number of alkyl halides is 3. The van der Waals surface area contributed by atoms with Gasteiger partial charge in [0.15, 0.2) is 0 Å². The van der Waals surface area contributed by atoms with Crippen molar-refractivity contribution in [3.05, 3.63) is 100 Å². The first-order valence-electron chi connectivity index (χ1n) is 10.9. The van der Waals surface area contributed by atoms with Crippen LogP contribution in [-0.4, -0.2) is 36.3 Å². The van der Waals surface area contributed by atoms with E-state index in [1.807, 2.05) is 36.4 Å². The van der Waals surface area contributed by atoms with Gasteiger partial charge in [-0.1, -0.05) is 35.9 Å². The molecule has 0 aromatic heterocycles. The maximum Gasteiger partial charge on any atom is 0.573 e. The number of hydrogen-bond donors (Lipinski definition) is 1. The minimum atomic E-state index is -4.79. The zero-order chi connectivity index (χ0) is 25.0. The fourth-order valence-electron chi connectivity index (χ4n) is 4.22. The number of benzene rings is 3. The third-order valence-electron chi connectivity index (χ3n) is 5.81. The third-order valence-corrected chi connectivity index (χ3v) is 6.06. The number of nitrogens with zero attached hydrogens (tertiary/aromatic N) is 2. The van der Waals surface area contributed by atoms with E-state index >= 15 is 0 Å². The Bertz CT molecular complexity index is 1210. The molecule has 2 atom stereocenters. The minimum absolute atomic E-state index is 0.0966. The van der Waals surface area contributed by atoms with Gasteiger partial charge in [-0.2, -0.15) is 5.26 Å². The van der Waals surface area contributed by atoms with Crippen LogP contribution in [0.3, 0.4) is 0 Å². The van der Waals surface area contributed by atoms with Gasteiger partial charge in [0.05, 0.1) is 17.7 Å². The van der Waals surface area contributed by atoms with Crippen molar-refractivity contribution in [2.24, 2.45) is 0 Å². The molecule has 1 aliphatic rings. The van der Waals surface area contributed by atoms with Crippen LogP contribution in [-0.2, 0) is 0 Å². The van der Waals surface area contributed by atoms with Crippen LogP contribution in [0.2, 0.25) is 5.02 Å². The lowest BCUT2D eigenvalue weighted by Crippen LogP contribution is -2.38. The summed E-state index contributed by atoms with van der Waals surface area (Å²) in [6.45, 7) is 1.30. The molecular formula is C26H21ClF3N3O2. The van der Waals surface area contributed by atoms with E-state index in [1.165, 1.54) is 12.1 Å². The Morgan fingerprint density at radius 2 is 1.63 bits per heavy atom. The summed E-state index contributed by atoms with van der Waals surface area (Å²) in [5.74, 6) is -0.744. The van der Waals surface area contributed by atoms with E-state index < -0.39 is 6.36 Å². The van der Waals surface area contributed by atoms with E-state index in [9.17, 15) is 18.0 Å². The predicted molar refractivity (Wildman–Crippen MR) is 125 cm³/mol. The molecule has 3 aromatic carbocycles. The Labute approximate surface area is 205 Å². The van der Waals surface area contributed by atoms with E-state index in [-0.39, 0.29) is 29.3 Å². The molecule has 1 amide bonds. The zero-order valence-electron chi connectivity index (χ0n) is 18.4. The Morgan fingerprint density at radius 1 is 1.03 bits per heavy atom. The maximum atomic E-state index is 12.7. The largest absolute Gasteiger partial charge is 0.573 e. The lowest BCUT2D eigenvalue weighted by Gasteiger charge is -2.29. The first-order chi connectivity index (χ1) is 16.7. The molecule has 0 radical (unpaired) electrons. The summed E-state index contributed by atoms with van der Waals surface area (Å²) < 4.78 is 40.9. The topological polar surface area (TPSA) is 65.4 Å². The standard InChI is InChI=1S/C26H21ClF3N3O2/c27-21-9-5-19(6-10-21)24(18-3-1-17(15-31)2-4-18)33-14-13-22(16-33)32-25(34)20-7-11-23(12-8-20)35-26(28,29)30/h1-12,22,24H,13-14,16H2,(H,32,34)/t22-,24-/m1/s1. The minimum Gasteiger partial charge on any atom is -0.406 e. The van der Waals surface area contributed by atoms with Crippen LogP contribution >= 0.6 is 11.6 Å². The third kappa shape index (κ3) is 6.32. The Hall–Kier alpha value is -3.54. The molecule has 1 fully saturated rings. The molecule has 0 bridgehead atoms. The van der Waals surface area contributed by atoms with Gasteiger partial charge in [-0.15, -0.1) is 13.2 Å². The van der Waals surface area contributed by atoms with Gasteiger partial charge in [0.2, 0.25) is 0 Å². The molecule has 180 valence electrons. The van der Waals surface area contributed by atoms with Crippen LogP contribution in [0.1, 0.15) is 39.5 Å². The highest BCUT2D eigenvalue weighted by Gasteiger charge is 2.32. The van der Waals surface area contributed by atoms with Gasteiger partial charge in [-0.05, 0) is 66.1 Å². The number of nitrogens with one attached hydrogen (secondary N) is 1. The Kier molecular flexibility index (Phi) is 7.29. The maximum absolute atomic E-state index is 12.7. The number of ether oxygens (including phenoxy) is 1. The summed E-state index contributed by atoms with van der Waals surface area (Å²) in [5, 5.41) is 12.7. The van der Waals surface area contributed by atoms with Crippen LogP contribution in [0.15, 0.2) is 72.8 Å². The van der Waals surface area contributed by atoms with Crippen LogP contribution in [0.4, 0.5) is 13.2 Å². The molecule has 35 heavy (non-hydrogen) atoms. The molecule has 1 N–H and O–H groups in total. The Balaban J connectivity index is 1.46. The monoisotopic (exact) mass is 499 g/mol. The molecule has 3 aromatic rings. The van der Waals surface area contributed by atoms with Crippen LogP contribution in [0.25, 0.3) is 0 Å². The van der Waals surface area contributed by atoms with Gasteiger partial charge in [0, 0.05) is 29.7 Å². The summed E-state index contributed by atoms with van der Waals surface area (Å²) in [7, 11) is 0. The lowest BCUT2D eigenvalue weighted by molar-refractivity contribution is -0.274. The number of nitriles is 1. The van der Waals surface area contributed by atoms with Crippen molar-refractivity contribution >= 4 is 17.5 Å².